The highest BCUT2D eigenvalue weighted by atomic mass is 16.5. The molecule has 1 aromatic carbocycles. The van der Waals surface area contributed by atoms with Crippen molar-refractivity contribution in [2.24, 2.45) is 11.3 Å². The lowest BCUT2D eigenvalue weighted by Crippen LogP contribution is -2.40. The molecule has 0 spiro atoms. The summed E-state index contributed by atoms with van der Waals surface area (Å²) < 4.78 is 10.4. The van der Waals surface area contributed by atoms with Crippen LogP contribution in [0.4, 0.5) is 5.69 Å². The lowest BCUT2D eigenvalue weighted by Gasteiger charge is -2.17. The van der Waals surface area contributed by atoms with Gasteiger partial charge < -0.3 is 20.1 Å². The zero-order chi connectivity index (χ0) is 17.7. The van der Waals surface area contributed by atoms with Crippen LogP contribution in [0.3, 0.4) is 0 Å². The molecule has 0 aliphatic heterocycles. The van der Waals surface area contributed by atoms with E-state index in [-0.39, 0.29) is 11.8 Å². The fourth-order valence-electron chi connectivity index (χ4n) is 2.48. The molecular weight excluding hydrogens is 308 g/mol. The van der Waals surface area contributed by atoms with E-state index in [0.29, 0.717) is 42.5 Å². The first-order valence-electron chi connectivity index (χ1n) is 8.24. The van der Waals surface area contributed by atoms with E-state index >= 15 is 0 Å². The lowest BCUT2D eigenvalue weighted by molar-refractivity contribution is -0.134. The van der Waals surface area contributed by atoms with E-state index < -0.39 is 5.41 Å². The van der Waals surface area contributed by atoms with Crippen LogP contribution in [0, 0.1) is 11.3 Å². The quantitative estimate of drug-likeness (QED) is 0.717. The Hall–Kier alpha value is -2.24. The summed E-state index contributed by atoms with van der Waals surface area (Å²) in [6, 6.07) is 5.15. The summed E-state index contributed by atoms with van der Waals surface area (Å²) in [7, 11) is 3.08. The summed E-state index contributed by atoms with van der Waals surface area (Å²) in [5.74, 6) is 1.16. The van der Waals surface area contributed by atoms with Crippen LogP contribution in [0.1, 0.15) is 33.1 Å². The number of amides is 2. The molecule has 0 heterocycles. The minimum absolute atomic E-state index is 0.192. The van der Waals surface area contributed by atoms with Gasteiger partial charge in [-0.2, -0.15) is 0 Å². The van der Waals surface area contributed by atoms with Gasteiger partial charge in [0.1, 0.15) is 16.9 Å². The summed E-state index contributed by atoms with van der Waals surface area (Å²) in [6.07, 6.45) is 2.03. The van der Waals surface area contributed by atoms with Gasteiger partial charge in [0.15, 0.2) is 0 Å². The molecule has 0 aromatic heterocycles. The van der Waals surface area contributed by atoms with Gasteiger partial charge in [0.05, 0.1) is 19.9 Å². The van der Waals surface area contributed by atoms with Crippen molar-refractivity contribution in [1.82, 2.24) is 5.32 Å². The third-order valence-electron chi connectivity index (χ3n) is 4.28. The van der Waals surface area contributed by atoms with E-state index in [9.17, 15) is 9.59 Å². The second-order valence-electron chi connectivity index (χ2n) is 6.54. The van der Waals surface area contributed by atoms with Gasteiger partial charge in [-0.3, -0.25) is 9.59 Å². The molecule has 2 amide bonds. The third-order valence-corrected chi connectivity index (χ3v) is 4.28. The highest BCUT2D eigenvalue weighted by Gasteiger charge is 2.56. The number of ether oxygens (including phenoxy) is 2. The van der Waals surface area contributed by atoms with Gasteiger partial charge in [0, 0.05) is 12.6 Å². The molecule has 0 saturated heterocycles. The molecule has 2 rings (SSSR count). The molecule has 132 valence electrons. The average molecular weight is 334 g/mol. The standard InChI is InChI=1S/C18H26N2O4/c1-12(2)7-10-19-16(21)18(8-9-18)17(22)20-14-11-13(23-3)5-6-15(14)24-4/h5-6,11-12H,7-10H2,1-4H3,(H,19,21)(H,20,22). The van der Waals surface area contributed by atoms with Crippen molar-refractivity contribution < 1.29 is 19.1 Å². The number of benzene rings is 1. The van der Waals surface area contributed by atoms with Gasteiger partial charge >= 0.3 is 0 Å². The SMILES string of the molecule is COc1ccc(OC)c(NC(=O)C2(C(=O)NCCC(C)C)CC2)c1. The maximum atomic E-state index is 12.6. The van der Waals surface area contributed by atoms with Crippen LogP contribution in [0.15, 0.2) is 18.2 Å². The summed E-state index contributed by atoms with van der Waals surface area (Å²) in [6.45, 7) is 4.79. The van der Waals surface area contributed by atoms with E-state index in [0.717, 1.165) is 6.42 Å². The Kier molecular flexibility index (Phi) is 5.70. The van der Waals surface area contributed by atoms with Gasteiger partial charge in [0.2, 0.25) is 11.8 Å². The van der Waals surface area contributed by atoms with Crippen molar-refractivity contribution in [3.05, 3.63) is 18.2 Å². The molecule has 1 aliphatic carbocycles. The van der Waals surface area contributed by atoms with Crippen LogP contribution in [0.25, 0.3) is 0 Å². The molecule has 1 aromatic rings. The Balaban J connectivity index is 2.05. The molecule has 24 heavy (non-hydrogen) atoms. The van der Waals surface area contributed by atoms with Crippen LogP contribution in [-0.4, -0.2) is 32.6 Å². The molecule has 0 unspecified atom stereocenters. The fourth-order valence-corrected chi connectivity index (χ4v) is 2.48. The summed E-state index contributed by atoms with van der Waals surface area (Å²) in [5, 5.41) is 5.69. The topological polar surface area (TPSA) is 76.7 Å². The number of rotatable bonds is 8. The maximum Gasteiger partial charge on any atom is 0.240 e. The fraction of sp³-hybridized carbons (Fsp3) is 0.556. The Morgan fingerprint density at radius 1 is 1.17 bits per heavy atom. The Labute approximate surface area is 142 Å². The minimum Gasteiger partial charge on any atom is -0.497 e. The first kappa shape index (κ1) is 18.1. The van der Waals surface area contributed by atoms with E-state index in [2.05, 4.69) is 24.5 Å². The molecule has 0 bridgehead atoms. The van der Waals surface area contributed by atoms with Gasteiger partial charge in [-0.05, 0) is 37.3 Å². The number of hydrogen-bond donors (Lipinski definition) is 2. The summed E-state index contributed by atoms with van der Waals surface area (Å²) in [4.78, 5) is 25.0. The zero-order valence-corrected chi connectivity index (χ0v) is 14.8. The average Bonchev–Trinajstić information content (AvgIpc) is 3.36. The van der Waals surface area contributed by atoms with Crippen molar-refractivity contribution in [3.63, 3.8) is 0 Å². The van der Waals surface area contributed by atoms with E-state index in [1.165, 1.54) is 7.11 Å². The lowest BCUT2D eigenvalue weighted by atomic mass is 10.0. The molecule has 6 heteroatoms. The van der Waals surface area contributed by atoms with Crippen LogP contribution in [-0.2, 0) is 9.59 Å². The van der Waals surface area contributed by atoms with Gasteiger partial charge in [-0.25, -0.2) is 0 Å². The smallest absolute Gasteiger partial charge is 0.240 e. The monoisotopic (exact) mass is 334 g/mol. The molecule has 6 nitrogen and oxygen atoms in total. The molecule has 1 fully saturated rings. The molecule has 0 radical (unpaired) electrons. The van der Waals surface area contributed by atoms with Crippen LogP contribution < -0.4 is 20.1 Å². The largest absolute Gasteiger partial charge is 0.497 e. The minimum atomic E-state index is -0.953. The second-order valence-corrected chi connectivity index (χ2v) is 6.54. The highest BCUT2D eigenvalue weighted by molar-refractivity contribution is 6.13. The number of carbonyl (C=O) groups excluding carboxylic acids is 2. The molecular formula is C18H26N2O4. The van der Waals surface area contributed by atoms with Crippen molar-refractivity contribution >= 4 is 17.5 Å². The third kappa shape index (κ3) is 3.99. The number of hydrogen-bond acceptors (Lipinski definition) is 4. The molecule has 1 aliphatic rings. The van der Waals surface area contributed by atoms with E-state index in [4.69, 9.17) is 9.47 Å². The van der Waals surface area contributed by atoms with E-state index in [1.807, 2.05) is 0 Å². The van der Waals surface area contributed by atoms with Crippen molar-refractivity contribution in [3.8, 4) is 11.5 Å². The Bertz CT molecular complexity index is 609. The predicted molar refractivity (Wildman–Crippen MR) is 92.3 cm³/mol. The summed E-state index contributed by atoms with van der Waals surface area (Å²) >= 11 is 0. The highest BCUT2D eigenvalue weighted by Crippen LogP contribution is 2.47. The van der Waals surface area contributed by atoms with E-state index in [1.54, 1.807) is 25.3 Å². The van der Waals surface area contributed by atoms with Crippen molar-refractivity contribution in [2.45, 2.75) is 33.1 Å². The molecule has 2 N–H and O–H groups in total. The van der Waals surface area contributed by atoms with Gasteiger partial charge in [-0.1, -0.05) is 13.8 Å². The molecule has 0 atom stereocenters. The maximum absolute atomic E-state index is 12.6. The number of methoxy groups -OCH3 is 2. The Morgan fingerprint density at radius 3 is 2.42 bits per heavy atom. The second kappa shape index (κ2) is 7.55. The van der Waals surface area contributed by atoms with Crippen molar-refractivity contribution in [2.75, 3.05) is 26.1 Å². The zero-order valence-electron chi connectivity index (χ0n) is 14.8. The summed E-state index contributed by atoms with van der Waals surface area (Å²) in [5.41, 5.74) is -0.450. The van der Waals surface area contributed by atoms with Gasteiger partial charge in [0.25, 0.3) is 0 Å². The number of carbonyl (C=O) groups is 2. The number of nitrogens with one attached hydrogen (secondary N) is 2. The first-order chi connectivity index (χ1) is 11.4. The normalized spacial score (nSPS) is 14.9. The van der Waals surface area contributed by atoms with Gasteiger partial charge in [-0.15, -0.1) is 0 Å². The van der Waals surface area contributed by atoms with Crippen LogP contribution >= 0.6 is 0 Å². The predicted octanol–water partition coefficient (Wildman–Crippen LogP) is 2.58. The van der Waals surface area contributed by atoms with Crippen LogP contribution in [0.2, 0.25) is 0 Å². The van der Waals surface area contributed by atoms with Crippen LogP contribution in [0.5, 0.6) is 11.5 Å². The Morgan fingerprint density at radius 2 is 1.88 bits per heavy atom. The molecule has 1 saturated carbocycles. The first-order valence-corrected chi connectivity index (χ1v) is 8.24. The number of anilines is 1. The van der Waals surface area contributed by atoms with Crippen molar-refractivity contribution in [1.29, 1.82) is 0 Å².